The maximum Gasteiger partial charge on any atom is 0.147 e. The van der Waals surface area contributed by atoms with Gasteiger partial charge in [-0.1, -0.05) is 141 Å². The Labute approximate surface area is 339 Å². The first kappa shape index (κ1) is 32.5. The Bertz CT molecular complexity index is 3740. The number of nitrogens with zero attached hydrogens (tertiary/aromatic N) is 2. The Balaban J connectivity index is 0.987. The van der Waals surface area contributed by atoms with Crippen LogP contribution in [0.4, 0.5) is 0 Å². The average Bonchev–Trinajstić information content (AvgIpc) is 3.92. The molecule has 0 bridgehead atoms. The van der Waals surface area contributed by atoms with Gasteiger partial charge in [0.25, 0.3) is 0 Å². The molecule has 1 aliphatic carbocycles. The van der Waals surface area contributed by atoms with Gasteiger partial charge in [-0.15, -0.1) is 0 Å². The summed E-state index contributed by atoms with van der Waals surface area (Å²) in [7, 11) is 0. The lowest BCUT2D eigenvalue weighted by atomic mass is 9.81. The van der Waals surface area contributed by atoms with Crippen LogP contribution in [0.5, 0.6) is 0 Å². The summed E-state index contributed by atoms with van der Waals surface area (Å²) in [6.07, 6.45) is 1.91. The van der Waals surface area contributed by atoms with Crippen LogP contribution in [-0.2, 0) is 5.41 Å². The molecular weight excluding hydrogens is 721 g/mol. The normalized spacial score (nSPS) is 13.4. The zero-order valence-corrected chi connectivity index (χ0v) is 32.4. The van der Waals surface area contributed by atoms with Gasteiger partial charge in [0, 0.05) is 43.3 Å². The molecule has 0 aliphatic heterocycles. The third-order valence-corrected chi connectivity index (χ3v) is 12.9. The molecule has 0 saturated heterocycles. The van der Waals surface area contributed by atoms with Gasteiger partial charge in [-0.3, -0.25) is 4.98 Å². The lowest BCUT2D eigenvalue weighted by Crippen LogP contribution is -2.14. The molecule has 0 spiro atoms. The number of para-hydroxylation sites is 1. The lowest BCUT2D eigenvalue weighted by Gasteiger charge is -2.22. The predicted octanol–water partition coefficient (Wildman–Crippen LogP) is 15.0. The number of fused-ring (bicyclic) bond motifs is 15. The van der Waals surface area contributed by atoms with E-state index in [1.807, 2.05) is 12.3 Å². The SMILES string of the molecule is CC1(C)c2ccccc2-c2ccc(-c3c4oc5ccccc5c4cc4c3oc3ccc(-c5cccc(-c6cnc7c8ccccc8c8ccccc8c7n6)c5)cc34)cc21. The summed E-state index contributed by atoms with van der Waals surface area (Å²) < 4.78 is 13.6. The van der Waals surface area contributed by atoms with Crippen molar-refractivity contribution in [1.82, 2.24) is 9.97 Å². The van der Waals surface area contributed by atoms with Crippen molar-refractivity contribution in [2.75, 3.05) is 0 Å². The molecule has 9 aromatic carbocycles. The maximum atomic E-state index is 6.89. The minimum Gasteiger partial charge on any atom is -0.455 e. The fourth-order valence-electron chi connectivity index (χ4n) is 10.0. The number of rotatable bonds is 3. The number of hydrogen-bond acceptors (Lipinski definition) is 4. The highest BCUT2D eigenvalue weighted by Crippen LogP contribution is 2.51. The minimum absolute atomic E-state index is 0.138. The Morgan fingerprint density at radius 3 is 1.83 bits per heavy atom. The van der Waals surface area contributed by atoms with E-state index >= 15 is 0 Å². The molecule has 1 aliphatic rings. The zero-order valence-electron chi connectivity index (χ0n) is 32.4. The second-order valence-corrected chi connectivity index (χ2v) is 16.5. The molecule has 0 radical (unpaired) electrons. The molecule has 4 nitrogen and oxygen atoms in total. The Hall–Kier alpha value is -7.56. The van der Waals surface area contributed by atoms with E-state index in [-0.39, 0.29) is 5.41 Å². The molecule has 276 valence electrons. The molecule has 0 amide bonds. The fourth-order valence-corrected chi connectivity index (χ4v) is 10.0. The standard InChI is InChI=1S/C55H34N2O2/c1-55(2)45-20-9-7-16-37(45)38-24-22-34(28-46(38)55)50-53-43(39-17-8-10-21-48(39)58-53)29-44-42-27-32(23-25-49(42)59-54(44)50)31-12-11-13-33(26-31)47-30-56-51-40-18-5-3-14-35(40)36-15-4-6-19-41(36)52(51)57-47/h3-30H,1-2H3. The van der Waals surface area contributed by atoms with Crippen molar-refractivity contribution in [2.24, 2.45) is 0 Å². The molecule has 3 heterocycles. The van der Waals surface area contributed by atoms with Gasteiger partial charge in [0.1, 0.15) is 22.3 Å². The second kappa shape index (κ2) is 11.7. The van der Waals surface area contributed by atoms with E-state index in [9.17, 15) is 0 Å². The molecule has 12 aromatic rings. The molecule has 4 heteroatoms. The highest BCUT2D eigenvalue weighted by atomic mass is 16.3. The average molecular weight is 755 g/mol. The van der Waals surface area contributed by atoms with Gasteiger partial charge in [-0.2, -0.15) is 0 Å². The summed E-state index contributed by atoms with van der Waals surface area (Å²) in [5.74, 6) is 0. The van der Waals surface area contributed by atoms with Crippen LogP contribution < -0.4 is 0 Å². The Kier molecular flexibility index (Phi) is 6.48. The summed E-state index contributed by atoms with van der Waals surface area (Å²) in [5, 5.41) is 8.90. The number of furan rings is 2. The highest BCUT2D eigenvalue weighted by Gasteiger charge is 2.36. The van der Waals surface area contributed by atoms with Crippen molar-refractivity contribution in [3.05, 3.63) is 181 Å². The summed E-state index contributed by atoms with van der Waals surface area (Å²) in [4.78, 5) is 10.3. The van der Waals surface area contributed by atoms with E-state index in [1.54, 1.807) is 0 Å². The topological polar surface area (TPSA) is 52.1 Å². The molecule has 13 rings (SSSR count). The van der Waals surface area contributed by atoms with Gasteiger partial charge in [0.05, 0.1) is 28.5 Å². The van der Waals surface area contributed by atoms with Gasteiger partial charge < -0.3 is 8.83 Å². The van der Waals surface area contributed by atoms with Crippen molar-refractivity contribution in [2.45, 2.75) is 19.3 Å². The third-order valence-electron chi connectivity index (χ3n) is 12.9. The molecule has 59 heavy (non-hydrogen) atoms. The van der Waals surface area contributed by atoms with E-state index in [4.69, 9.17) is 18.8 Å². The van der Waals surface area contributed by atoms with Crippen LogP contribution in [0.3, 0.4) is 0 Å². The van der Waals surface area contributed by atoms with Crippen LogP contribution in [0.25, 0.3) is 121 Å². The summed E-state index contributed by atoms with van der Waals surface area (Å²) in [6, 6.07) is 58.4. The number of benzene rings is 9. The first-order valence-electron chi connectivity index (χ1n) is 20.2. The van der Waals surface area contributed by atoms with Crippen molar-refractivity contribution >= 4 is 76.5 Å². The largest absolute Gasteiger partial charge is 0.455 e. The fraction of sp³-hybridized carbons (Fsp3) is 0.0545. The van der Waals surface area contributed by atoms with Gasteiger partial charge >= 0.3 is 0 Å². The summed E-state index contributed by atoms with van der Waals surface area (Å²) in [6.45, 7) is 4.65. The van der Waals surface area contributed by atoms with Crippen molar-refractivity contribution < 1.29 is 8.83 Å². The van der Waals surface area contributed by atoms with Gasteiger partial charge in [-0.05, 0) is 86.1 Å². The smallest absolute Gasteiger partial charge is 0.147 e. The van der Waals surface area contributed by atoms with Crippen LogP contribution in [0.15, 0.2) is 179 Å². The van der Waals surface area contributed by atoms with Crippen LogP contribution >= 0.6 is 0 Å². The monoisotopic (exact) mass is 754 g/mol. The summed E-state index contributed by atoms with van der Waals surface area (Å²) in [5.41, 5.74) is 16.5. The first-order valence-corrected chi connectivity index (χ1v) is 20.2. The predicted molar refractivity (Wildman–Crippen MR) is 243 cm³/mol. The molecule has 0 atom stereocenters. The Morgan fingerprint density at radius 2 is 1.02 bits per heavy atom. The molecule has 0 saturated carbocycles. The van der Waals surface area contributed by atoms with Gasteiger partial charge in [-0.25, -0.2) is 4.98 Å². The van der Waals surface area contributed by atoms with Crippen LogP contribution in [0.2, 0.25) is 0 Å². The second-order valence-electron chi connectivity index (χ2n) is 16.5. The third kappa shape index (κ3) is 4.54. The quantitative estimate of drug-likeness (QED) is 0.169. The number of aromatic nitrogens is 2. The van der Waals surface area contributed by atoms with E-state index in [2.05, 4.69) is 172 Å². The minimum atomic E-state index is -0.138. The molecule has 0 fully saturated rings. The van der Waals surface area contributed by atoms with Crippen LogP contribution in [0, 0.1) is 0 Å². The van der Waals surface area contributed by atoms with Crippen molar-refractivity contribution in [3.8, 4) is 44.6 Å². The van der Waals surface area contributed by atoms with Crippen molar-refractivity contribution in [1.29, 1.82) is 0 Å². The highest BCUT2D eigenvalue weighted by molar-refractivity contribution is 6.24. The summed E-state index contributed by atoms with van der Waals surface area (Å²) >= 11 is 0. The van der Waals surface area contributed by atoms with E-state index in [0.29, 0.717) is 0 Å². The van der Waals surface area contributed by atoms with Crippen LogP contribution in [0.1, 0.15) is 25.0 Å². The van der Waals surface area contributed by atoms with E-state index in [0.717, 1.165) is 99.2 Å². The molecule has 0 unspecified atom stereocenters. The molecule has 0 N–H and O–H groups in total. The number of hydrogen-bond donors (Lipinski definition) is 0. The van der Waals surface area contributed by atoms with E-state index < -0.39 is 0 Å². The Morgan fingerprint density at radius 1 is 0.407 bits per heavy atom. The lowest BCUT2D eigenvalue weighted by molar-refractivity contribution is 0.656. The van der Waals surface area contributed by atoms with Gasteiger partial charge in [0.15, 0.2) is 0 Å². The molecule has 3 aromatic heterocycles. The maximum absolute atomic E-state index is 6.89. The first-order chi connectivity index (χ1) is 29.0. The van der Waals surface area contributed by atoms with E-state index in [1.165, 1.54) is 33.0 Å². The zero-order chi connectivity index (χ0) is 39.0. The van der Waals surface area contributed by atoms with Crippen LogP contribution in [-0.4, -0.2) is 9.97 Å². The van der Waals surface area contributed by atoms with Gasteiger partial charge in [0.2, 0.25) is 0 Å². The molecular formula is C55H34N2O2. The van der Waals surface area contributed by atoms with Crippen molar-refractivity contribution in [3.63, 3.8) is 0 Å².